The third kappa shape index (κ3) is 3.25. The van der Waals surface area contributed by atoms with Crippen molar-refractivity contribution in [3.05, 3.63) is 63.7 Å². The Morgan fingerprint density at radius 3 is 2.62 bits per heavy atom. The lowest BCUT2D eigenvalue weighted by molar-refractivity contribution is -0.387. The van der Waals surface area contributed by atoms with Crippen molar-refractivity contribution in [2.24, 2.45) is 0 Å². The Morgan fingerprint density at radius 1 is 1.24 bits per heavy atom. The SMILES string of the molecule is CC(Nc1ccc(F)c([N+](=O)[O-])c1)c1cc(F)ccc1O. The number of hydrogen-bond donors (Lipinski definition) is 2. The van der Waals surface area contributed by atoms with Crippen LogP contribution in [0.5, 0.6) is 5.75 Å². The zero-order chi connectivity index (χ0) is 15.6. The van der Waals surface area contributed by atoms with Crippen molar-refractivity contribution in [2.45, 2.75) is 13.0 Å². The molecule has 0 aliphatic heterocycles. The van der Waals surface area contributed by atoms with Gasteiger partial charge in [-0.05, 0) is 37.3 Å². The van der Waals surface area contributed by atoms with E-state index in [1.807, 2.05) is 0 Å². The Labute approximate surface area is 119 Å². The van der Waals surface area contributed by atoms with E-state index in [1.54, 1.807) is 6.92 Å². The molecule has 0 aliphatic carbocycles. The second kappa shape index (κ2) is 5.74. The molecule has 0 fully saturated rings. The van der Waals surface area contributed by atoms with Gasteiger partial charge in [0.25, 0.3) is 0 Å². The molecular weight excluding hydrogens is 282 g/mol. The van der Waals surface area contributed by atoms with Crippen molar-refractivity contribution >= 4 is 11.4 Å². The van der Waals surface area contributed by atoms with Gasteiger partial charge in [0.05, 0.1) is 11.0 Å². The van der Waals surface area contributed by atoms with E-state index in [1.165, 1.54) is 12.1 Å². The normalized spacial score (nSPS) is 12.0. The zero-order valence-corrected chi connectivity index (χ0v) is 11.0. The van der Waals surface area contributed by atoms with Crippen molar-refractivity contribution in [3.63, 3.8) is 0 Å². The molecule has 2 N–H and O–H groups in total. The van der Waals surface area contributed by atoms with E-state index >= 15 is 0 Å². The van der Waals surface area contributed by atoms with E-state index in [4.69, 9.17) is 0 Å². The van der Waals surface area contributed by atoms with Crippen LogP contribution in [0.25, 0.3) is 0 Å². The molecule has 0 aromatic heterocycles. The van der Waals surface area contributed by atoms with Crippen LogP contribution in [0.2, 0.25) is 0 Å². The van der Waals surface area contributed by atoms with Gasteiger partial charge < -0.3 is 10.4 Å². The topological polar surface area (TPSA) is 75.4 Å². The minimum absolute atomic E-state index is 0.104. The number of aromatic hydroxyl groups is 1. The van der Waals surface area contributed by atoms with E-state index in [2.05, 4.69) is 5.32 Å². The number of hydrogen-bond acceptors (Lipinski definition) is 4. The molecule has 0 radical (unpaired) electrons. The predicted octanol–water partition coefficient (Wildman–Crippen LogP) is 3.75. The Morgan fingerprint density at radius 2 is 1.95 bits per heavy atom. The van der Waals surface area contributed by atoms with Crippen LogP contribution in [-0.2, 0) is 0 Å². The second-order valence-corrected chi connectivity index (χ2v) is 4.49. The highest BCUT2D eigenvalue weighted by molar-refractivity contribution is 5.53. The van der Waals surface area contributed by atoms with Crippen LogP contribution in [0.3, 0.4) is 0 Å². The number of rotatable bonds is 4. The second-order valence-electron chi connectivity index (χ2n) is 4.49. The monoisotopic (exact) mass is 294 g/mol. The Hall–Kier alpha value is -2.70. The van der Waals surface area contributed by atoms with Crippen molar-refractivity contribution in [1.82, 2.24) is 0 Å². The van der Waals surface area contributed by atoms with Crippen molar-refractivity contribution in [3.8, 4) is 5.75 Å². The predicted molar refractivity (Wildman–Crippen MR) is 73.2 cm³/mol. The zero-order valence-electron chi connectivity index (χ0n) is 11.0. The van der Waals surface area contributed by atoms with Crippen molar-refractivity contribution in [1.29, 1.82) is 0 Å². The fraction of sp³-hybridized carbons (Fsp3) is 0.143. The van der Waals surface area contributed by atoms with Gasteiger partial charge in [0.1, 0.15) is 11.6 Å². The van der Waals surface area contributed by atoms with Gasteiger partial charge in [-0.3, -0.25) is 10.1 Å². The molecule has 0 spiro atoms. The lowest BCUT2D eigenvalue weighted by Gasteiger charge is -2.17. The van der Waals surface area contributed by atoms with Crippen LogP contribution in [-0.4, -0.2) is 10.0 Å². The lowest BCUT2D eigenvalue weighted by Crippen LogP contribution is -2.08. The van der Waals surface area contributed by atoms with Gasteiger partial charge in [0.2, 0.25) is 5.82 Å². The summed E-state index contributed by atoms with van der Waals surface area (Å²) in [7, 11) is 0. The van der Waals surface area contributed by atoms with E-state index in [0.717, 1.165) is 24.3 Å². The molecule has 0 heterocycles. The highest BCUT2D eigenvalue weighted by Crippen LogP contribution is 2.29. The lowest BCUT2D eigenvalue weighted by atomic mass is 10.1. The smallest absolute Gasteiger partial charge is 0.306 e. The van der Waals surface area contributed by atoms with Crippen LogP contribution in [0.15, 0.2) is 36.4 Å². The molecule has 0 saturated carbocycles. The maximum absolute atomic E-state index is 13.2. The Bertz CT molecular complexity index is 692. The molecule has 2 rings (SSSR count). The summed E-state index contributed by atoms with van der Waals surface area (Å²) < 4.78 is 26.4. The van der Waals surface area contributed by atoms with E-state index in [9.17, 15) is 24.0 Å². The van der Waals surface area contributed by atoms with Crippen molar-refractivity contribution in [2.75, 3.05) is 5.32 Å². The highest BCUT2D eigenvalue weighted by atomic mass is 19.1. The standard InChI is InChI=1S/C14H12F2N2O3/c1-8(11-6-9(15)2-5-14(11)19)17-10-3-4-12(16)13(7-10)18(20)21/h2-8,17,19H,1H3. The number of phenolic OH excluding ortho intramolecular Hbond substituents is 1. The Kier molecular flexibility index (Phi) is 4.02. The molecule has 2 aromatic carbocycles. The third-order valence-electron chi connectivity index (χ3n) is 2.98. The van der Waals surface area contributed by atoms with Gasteiger partial charge in [0.15, 0.2) is 0 Å². The molecule has 0 bridgehead atoms. The molecule has 1 atom stereocenters. The van der Waals surface area contributed by atoms with Gasteiger partial charge in [-0.2, -0.15) is 4.39 Å². The third-order valence-corrected chi connectivity index (χ3v) is 2.98. The quantitative estimate of drug-likeness (QED) is 0.665. The fourth-order valence-electron chi connectivity index (χ4n) is 1.94. The van der Waals surface area contributed by atoms with E-state index in [-0.39, 0.29) is 5.75 Å². The molecule has 0 saturated heterocycles. The first kappa shape index (κ1) is 14.7. The first-order valence-electron chi connectivity index (χ1n) is 6.07. The van der Waals surface area contributed by atoms with E-state index in [0.29, 0.717) is 11.3 Å². The number of halogens is 2. The average Bonchev–Trinajstić information content (AvgIpc) is 2.43. The number of phenols is 1. The molecule has 0 aliphatic rings. The number of nitrogens with one attached hydrogen (secondary N) is 1. The number of nitrogens with zero attached hydrogens (tertiary/aromatic N) is 1. The van der Waals surface area contributed by atoms with Gasteiger partial charge in [-0.15, -0.1) is 0 Å². The molecular formula is C14H12F2N2O3. The summed E-state index contributed by atoms with van der Waals surface area (Å²) in [4.78, 5) is 9.85. The average molecular weight is 294 g/mol. The van der Waals surface area contributed by atoms with Crippen LogP contribution in [0.4, 0.5) is 20.2 Å². The summed E-state index contributed by atoms with van der Waals surface area (Å²) in [5, 5.41) is 23.2. The van der Waals surface area contributed by atoms with Gasteiger partial charge in [-0.25, -0.2) is 4.39 Å². The number of nitro benzene ring substituents is 1. The molecule has 110 valence electrons. The number of nitro groups is 1. The molecule has 7 heteroatoms. The van der Waals surface area contributed by atoms with Crippen LogP contribution in [0.1, 0.15) is 18.5 Å². The molecule has 21 heavy (non-hydrogen) atoms. The molecule has 5 nitrogen and oxygen atoms in total. The molecule has 1 unspecified atom stereocenters. The van der Waals surface area contributed by atoms with Crippen LogP contribution in [0, 0.1) is 21.7 Å². The highest BCUT2D eigenvalue weighted by Gasteiger charge is 2.16. The fourth-order valence-corrected chi connectivity index (χ4v) is 1.94. The van der Waals surface area contributed by atoms with Crippen molar-refractivity contribution < 1.29 is 18.8 Å². The molecule has 0 amide bonds. The first-order chi connectivity index (χ1) is 9.88. The maximum Gasteiger partial charge on any atom is 0.306 e. The van der Waals surface area contributed by atoms with Crippen LogP contribution >= 0.6 is 0 Å². The summed E-state index contributed by atoms with van der Waals surface area (Å²) in [6.07, 6.45) is 0. The number of anilines is 1. The summed E-state index contributed by atoms with van der Waals surface area (Å²) in [6, 6.07) is 6.32. The minimum Gasteiger partial charge on any atom is -0.508 e. The van der Waals surface area contributed by atoms with E-state index < -0.39 is 28.3 Å². The number of benzene rings is 2. The summed E-state index contributed by atoms with van der Waals surface area (Å²) in [6.45, 7) is 1.64. The molecule has 2 aromatic rings. The van der Waals surface area contributed by atoms with Crippen LogP contribution < -0.4 is 5.32 Å². The van der Waals surface area contributed by atoms with Gasteiger partial charge in [-0.1, -0.05) is 0 Å². The maximum atomic E-state index is 13.2. The largest absolute Gasteiger partial charge is 0.508 e. The summed E-state index contributed by atoms with van der Waals surface area (Å²) >= 11 is 0. The first-order valence-corrected chi connectivity index (χ1v) is 6.07. The minimum atomic E-state index is -0.938. The van der Waals surface area contributed by atoms with Gasteiger partial charge >= 0.3 is 5.69 Å². The summed E-state index contributed by atoms with van der Waals surface area (Å²) in [5.41, 5.74) is -0.0723. The van der Waals surface area contributed by atoms with Gasteiger partial charge in [0, 0.05) is 17.3 Å². The summed E-state index contributed by atoms with van der Waals surface area (Å²) in [5.74, 6) is -1.55. The Balaban J connectivity index is 2.27.